The molecule has 1 heterocycles. The Morgan fingerprint density at radius 3 is 2.65 bits per heavy atom. The maximum Gasteiger partial charge on any atom is 0.197 e. The van der Waals surface area contributed by atoms with Gasteiger partial charge in [0.2, 0.25) is 0 Å². The zero-order valence-electron chi connectivity index (χ0n) is 11.0. The first-order valence-electron chi connectivity index (χ1n) is 6.31. The van der Waals surface area contributed by atoms with E-state index in [4.69, 9.17) is 4.74 Å². The molecule has 2 aromatic carbocycles. The van der Waals surface area contributed by atoms with Crippen LogP contribution in [0.3, 0.4) is 0 Å². The van der Waals surface area contributed by atoms with Crippen molar-refractivity contribution in [2.24, 2.45) is 0 Å². The zero-order chi connectivity index (χ0) is 13.9. The molecule has 0 saturated carbocycles. The van der Waals surface area contributed by atoms with Gasteiger partial charge in [-0.2, -0.15) is 0 Å². The lowest BCUT2D eigenvalue weighted by atomic mass is 9.98. The highest BCUT2D eigenvalue weighted by molar-refractivity contribution is 6.17. The topological polar surface area (TPSA) is 39.2 Å². The number of aromatic nitrogens is 1. The van der Waals surface area contributed by atoms with Gasteiger partial charge in [0.25, 0.3) is 0 Å². The molecule has 0 aliphatic heterocycles. The monoisotopic (exact) mass is 263 g/mol. The maximum absolute atomic E-state index is 12.7. The van der Waals surface area contributed by atoms with E-state index in [-0.39, 0.29) is 5.78 Å². The molecular weight excluding hydrogens is 250 g/mol. The summed E-state index contributed by atoms with van der Waals surface area (Å²) in [5.74, 6) is 0.544. The molecule has 0 amide bonds. The third-order valence-corrected chi connectivity index (χ3v) is 3.28. The quantitative estimate of drug-likeness (QED) is 0.679. The van der Waals surface area contributed by atoms with Gasteiger partial charge < -0.3 is 4.74 Å². The second kappa shape index (κ2) is 5.13. The van der Waals surface area contributed by atoms with Gasteiger partial charge in [-0.3, -0.25) is 9.78 Å². The van der Waals surface area contributed by atoms with Crippen LogP contribution in [0.25, 0.3) is 10.8 Å². The van der Waals surface area contributed by atoms with Crippen molar-refractivity contribution in [1.29, 1.82) is 0 Å². The highest BCUT2D eigenvalue weighted by atomic mass is 16.5. The Balaban J connectivity index is 2.18. The number of methoxy groups -OCH3 is 1. The summed E-state index contributed by atoms with van der Waals surface area (Å²) in [5, 5.41) is 1.85. The third kappa shape index (κ3) is 2.03. The zero-order valence-corrected chi connectivity index (χ0v) is 11.0. The van der Waals surface area contributed by atoms with Gasteiger partial charge in [-0.15, -0.1) is 0 Å². The Morgan fingerprint density at radius 2 is 1.80 bits per heavy atom. The normalized spacial score (nSPS) is 10.4. The average Bonchev–Trinajstić information content (AvgIpc) is 2.53. The van der Waals surface area contributed by atoms with Gasteiger partial charge in [-0.25, -0.2) is 0 Å². The predicted octanol–water partition coefficient (Wildman–Crippen LogP) is 3.47. The Labute approximate surface area is 116 Å². The first-order valence-corrected chi connectivity index (χ1v) is 6.31. The number of benzene rings is 2. The number of hydrogen-bond acceptors (Lipinski definition) is 3. The molecule has 20 heavy (non-hydrogen) atoms. The fourth-order valence-corrected chi connectivity index (χ4v) is 2.30. The van der Waals surface area contributed by atoms with Gasteiger partial charge in [0.15, 0.2) is 5.78 Å². The third-order valence-electron chi connectivity index (χ3n) is 3.28. The standard InChI is InChI=1S/C17H13NO2/c1-20-16-8-3-2-6-15(16)17(19)14-7-4-5-12-11-18-10-9-13(12)14/h2-11H,1H3. The predicted molar refractivity (Wildman–Crippen MR) is 78.2 cm³/mol. The van der Waals surface area contributed by atoms with Crippen molar-refractivity contribution < 1.29 is 9.53 Å². The van der Waals surface area contributed by atoms with Crippen molar-refractivity contribution in [3.63, 3.8) is 0 Å². The molecule has 3 nitrogen and oxygen atoms in total. The van der Waals surface area contributed by atoms with Gasteiger partial charge in [0.05, 0.1) is 12.7 Å². The van der Waals surface area contributed by atoms with Gasteiger partial charge in [0.1, 0.15) is 5.75 Å². The Morgan fingerprint density at radius 1 is 1.00 bits per heavy atom. The molecule has 0 spiro atoms. The minimum Gasteiger partial charge on any atom is -0.496 e. The Hall–Kier alpha value is -2.68. The van der Waals surface area contributed by atoms with Crippen LogP contribution < -0.4 is 4.74 Å². The highest BCUT2D eigenvalue weighted by Gasteiger charge is 2.16. The summed E-state index contributed by atoms with van der Waals surface area (Å²) in [6.07, 6.45) is 3.45. The largest absolute Gasteiger partial charge is 0.496 e. The fourth-order valence-electron chi connectivity index (χ4n) is 2.30. The molecule has 98 valence electrons. The first kappa shape index (κ1) is 12.4. The van der Waals surface area contributed by atoms with Gasteiger partial charge in [0, 0.05) is 23.3 Å². The lowest BCUT2D eigenvalue weighted by Crippen LogP contribution is -2.04. The number of para-hydroxylation sites is 1. The summed E-state index contributed by atoms with van der Waals surface area (Å²) >= 11 is 0. The number of carbonyl (C=O) groups excluding carboxylic acids is 1. The summed E-state index contributed by atoms with van der Waals surface area (Å²) in [7, 11) is 1.57. The molecule has 0 fully saturated rings. The van der Waals surface area contributed by atoms with E-state index in [0.717, 1.165) is 10.8 Å². The smallest absolute Gasteiger partial charge is 0.197 e. The van der Waals surface area contributed by atoms with Crippen molar-refractivity contribution in [3.8, 4) is 5.75 Å². The van der Waals surface area contributed by atoms with Gasteiger partial charge in [-0.1, -0.05) is 30.3 Å². The SMILES string of the molecule is COc1ccccc1C(=O)c1cccc2cnccc12. The van der Waals surface area contributed by atoms with Crippen LogP contribution in [-0.2, 0) is 0 Å². The molecule has 0 bridgehead atoms. The second-order valence-electron chi connectivity index (χ2n) is 4.43. The van der Waals surface area contributed by atoms with E-state index in [0.29, 0.717) is 16.9 Å². The van der Waals surface area contributed by atoms with Gasteiger partial charge in [-0.05, 0) is 23.6 Å². The van der Waals surface area contributed by atoms with Crippen molar-refractivity contribution in [2.75, 3.05) is 7.11 Å². The number of pyridine rings is 1. The van der Waals surface area contributed by atoms with Crippen LogP contribution in [0.5, 0.6) is 5.75 Å². The van der Waals surface area contributed by atoms with Crippen molar-refractivity contribution in [1.82, 2.24) is 4.98 Å². The molecule has 0 atom stereocenters. The van der Waals surface area contributed by atoms with E-state index >= 15 is 0 Å². The Kier molecular flexibility index (Phi) is 3.17. The summed E-state index contributed by atoms with van der Waals surface area (Å²) in [6.45, 7) is 0. The lowest BCUT2D eigenvalue weighted by Gasteiger charge is -2.09. The molecule has 1 aromatic heterocycles. The van der Waals surface area contributed by atoms with Crippen LogP contribution >= 0.6 is 0 Å². The van der Waals surface area contributed by atoms with Crippen LogP contribution in [-0.4, -0.2) is 17.9 Å². The first-order chi connectivity index (χ1) is 9.81. The van der Waals surface area contributed by atoms with Crippen LogP contribution in [0.15, 0.2) is 60.9 Å². The van der Waals surface area contributed by atoms with Crippen molar-refractivity contribution >= 4 is 16.6 Å². The number of ketones is 1. The molecule has 3 rings (SSSR count). The second-order valence-corrected chi connectivity index (χ2v) is 4.43. The minimum atomic E-state index is -0.0424. The average molecular weight is 263 g/mol. The summed E-state index contributed by atoms with van der Waals surface area (Å²) in [4.78, 5) is 16.8. The molecule has 3 heteroatoms. The van der Waals surface area contributed by atoms with E-state index in [1.54, 1.807) is 31.6 Å². The van der Waals surface area contributed by atoms with E-state index < -0.39 is 0 Å². The van der Waals surface area contributed by atoms with Crippen LogP contribution in [0.1, 0.15) is 15.9 Å². The molecule has 3 aromatic rings. The molecule has 0 aliphatic carbocycles. The number of fused-ring (bicyclic) bond motifs is 1. The van der Waals surface area contributed by atoms with Crippen LogP contribution in [0.2, 0.25) is 0 Å². The molecule has 0 aliphatic rings. The van der Waals surface area contributed by atoms with Crippen molar-refractivity contribution in [3.05, 3.63) is 72.1 Å². The number of carbonyl (C=O) groups is 1. The maximum atomic E-state index is 12.7. The molecule has 0 saturated heterocycles. The minimum absolute atomic E-state index is 0.0424. The summed E-state index contributed by atoms with van der Waals surface area (Å²) < 4.78 is 5.27. The van der Waals surface area contributed by atoms with E-state index in [1.807, 2.05) is 36.4 Å². The number of nitrogens with zero attached hydrogens (tertiary/aromatic N) is 1. The summed E-state index contributed by atoms with van der Waals surface area (Å²) in [5.41, 5.74) is 1.23. The number of hydrogen-bond donors (Lipinski definition) is 0. The molecule has 0 N–H and O–H groups in total. The fraction of sp³-hybridized carbons (Fsp3) is 0.0588. The molecular formula is C17H13NO2. The number of ether oxygens (including phenoxy) is 1. The highest BCUT2D eigenvalue weighted by Crippen LogP contribution is 2.25. The molecule has 0 unspecified atom stereocenters. The number of rotatable bonds is 3. The Bertz CT molecular complexity index is 775. The summed E-state index contributed by atoms with van der Waals surface area (Å²) in [6, 6.07) is 14.8. The molecule has 0 radical (unpaired) electrons. The van der Waals surface area contributed by atoms with Crippen LogP contribution in [0, 0.1) is 0 Å². The van der Waals surface area contributed by atoms with Crippen LogP contribution in [0.4, 0.5) is 0 Å². The van der Waals surface area contributed by atoms with E-state index in [2.05, 4.69) is 4.98 Å². The lowest BCUT2D eigenvalue weighted by molar-refractivity contribution is 0.103. The van der Waals surface area contributed by atoms with Crippen molar-refractivity contribution in [2.45, 2.75) is 0 Å². The van der Waals surface area contributed by atoms with E-state index in [1.165, 1.54) is 0 Å². The van der Waals surface area contributed by atoms with E-state index in [9.17, 15) is 4.79 Å². The van der Waals surface area contributed by atoms with Gasteiger partial charge >= 0.3 is 0 Å².